The molecule has 1 amide bonds. The lowest BCUT2D eigenvalue weighted by Crippen LogP contribution is -2.40. The van der Waals surface area contributed by atoms with Crippen LogP contribution in [0.4, 0.5) is 5.00 Å². The number of carbonyl (C=O) groups excluding carboxylic acids is 2. The van der Waals surface area contributed by atoms with Gasteiger partial charge in [0.25, 0.3) is 0 Å². The van der Waals surface area contributed by atoms with Crippen LogP contribution in [0.25, 0.3) is 0 Å². The fourth-order valence-corrected chi connectivity index (χ4v) is 5.52. The minimum Gasteiger partial charge on any atom is -0.480 e. The molecule has 0 saturated carbocycles. The molecule has 7 nitrogen and oxygen atoms in total. The molecule has 0 fully saturated rings. The molecule has 0 aliphatic heterocycles. The number of aryl methyl sites for hydroxylation is 1. The van der Waals surface area contributed by atoms with E-state index in [1.165, 1.54) is 29.8 Å². The molecule has 1 atom stereocenters. The predicted molar refractivity (Wildman–Crippen MR) is 121 cm³/mol. The molecule has 1 aromatic rings. The van der Waals surface area contributed by atoms with Gasteiger partial charge in [-0.15, -0.1) is 11.3 Å². The molecule has 31 heavy (non-hydrogen) atoms. The van der Waals surface area contributed by atoms with Gasteiger partial charge in [0.05, 0.1) is 18.6 Å². The van der Waals surface area contributed by atoms with Gasteiger partial charge in [0.15, 0.2) is 0 Å². The monoisotopic (exact) mass is 448 g/mol. The number of hydrogen-bond donors (Lipinski definition) is 3. The summed E-state index contributed by atoms with van der Waals surface area (Å²) in [5.74, 6) is -1.89. The number of rotatable bonds is 10. The number of aliphatic carboxylic acids is 1. The number of carboxylic acid groups (broad SMARTS) is 1. The molecular formula is C23H32N2O5S. The summed E-state index contributed by atoms with van der Waals surface area (Å²) in [4.78, 5) is 38.0. The van der Waals surface area contributed by atoms with Crippen molar-refractivity contribution in [2.24, 2.45) is 0 Å². The Balaban J connectivity index is 1.62. The lowest BCUT2D eigenvalue weighted by Gasteiger charge is -2.17. The van der Waals surface area contributed by atoms with Crippen molar-refractivity contribution in [3.8, 4) is 0 Å². The Morgan fingerprint density at radius 2 is 1.94 bits per heavy atom. The second-order valence-corrected chi connectivity index (χ2v) is 9.20. The highest BCUT2D eigenvalue weighted by atomic mass is 32.1. The zero-order valence-electron chi connectivity index (χ0n) is 18.1. The Morgan fingerprint density at radius 1 is 1.16 bits per heavy atom. The van der Waals surface area contributed by atoms with E-state index >= 15 is 0 Å². The molecule has 2 aliphatic carbocycles. The summed E-state index contributed by atoms with van der Waals surface area (Å²) < 4.78 is 5.21. The topological polar surface area (TPSA) is 105 Å². The van der Waals surface area contributed by atoms with Gasteiger partial charge in [-0.2, -0.15) is 0 Å². The zero-order chi connectivity index (χ0) is 22.2. The van der Waals surface area contributed by atoms with E-state index in [0.717, 1.165) is 55.4 Å². The number of ether oxygens (including phenoxy) is 1. The molecule has 0 spiro atoms. The highest BCUT2D eigenvalue weighted by Crippen LogP contribution is 2.38. The standard InChI is InChI=1S/C23H32N2O5S/c1-2-30-23(29)20-16-10-6-7-11-18(16)31-21(20)25-19(26)14-17(22(27)28)24-13-12-15-8-4-3-5-9-15/h8,17,24H,2-7,9-14H2,1H3,(H,25,26)(H,27,28)/t17-/m0/s1. The van der Waals surface area contributed by atoms with Gasteiger partial charge in [-0.3, -0.25) is 9.59 Å². The third-order valence-electron chi connectivity index (χ3n) is 5.81. The number of hydrogen-bond acceptors (Lipinski definition) is 6. The fraction of sp³-hybridized carbons (Fsp3) is 0.609. The van der Waals surface area contributed by atoms with Gasteiger partial charge in [-0.25, -0.2) is 4.79 Å². The van der Waals surface area contributed by atoms with Gasteiger partial charge < -0.3 is 20.5 Å². The van der Waals surface area contributed by atoms with Gasteiger partial charge >= 0.3 is 11.9 Å². The Hall–Kier alpha value is -2.19. The van der Waals surface area contributed by atoms with Crippen LogP contribution in [0.5, 0.6) is 0 Å². The first-order valence-corrected chi connectivity index (χ1v) is 12.1. The van der Waals surface area contributed by atoms with E-state index < -0.39 is 23.9 Å². The lowest BCUT2D eigenvalue weighted by atomic mass is 9.95. The molecule has 3 N–H and O–H groups in total. The summed E-state index contributed by atoms with van der Waals surface area (Å²) in [6, 6.07) is -0.968. The van der Waals surface area contributed by atoms with Crippen molar-refractivity contribution >= 4 is 34.2 Å². The molecule has 8 heteroatoms. The number of carbonyl (C=O) groups is 3. The lowest BCUT2D eigenvalue weighted by molar-refractivity contribution is -0.141. The maximum atomic E-state index is 12.7. The number of fused-ring (bicyclic) bond motifs is 1. The van der Waals surface area contributed by atoms with Crippen LogP contribution in [0, 0.1) is 0 Å². The summed E-state index contributed by atoms with van der Waals surface area (Å²) in [6.07, 6.45) is 11.2. The number of nitrogens with one attached hydrogen (secondary N) is 2. The van der Waals surface area contributed by atoms with Crippen molar-refractivity contribution in [2.75, 3.05) is 18.5 Å². The van der Waals surface area contributed by atoms with Crippen molar-refractivity contribution in [3.63, 3.8) is 0 Å². The first kappa shape index (κ1) is 23.5. The smallest absolute Gasteiger partial charge is 0.341 e. The molecular weight excluding hydrogens is 416 g/mol. The van der Waals surface area contributed by atoms with Crippen LogP contribution in [0.2, 0.25) is 0 Å². The average Bonchev–Trinajstić information content (AvgIpc) is 3.11. The predicted octanol–water partition coefficient (Wildman–Crippen LogP) is 4.07. The van der Waals surface area contributed by atoms with Gasteiger partial charge in [0.2, 0.25) is 5.91 Å². The molecule has 3 rings (SSSR count). The van der Waals surface area contributed by atoms with Crippen LogP contribution in [-0.4, -0.2) is 42.1 Å². The second-order valence-electron chi connectivity index (χ2n) is 8.09. The Morgan fingerprint density at radius 3 is 2.65 bits per heavy atom. The third kappa shape index (κ3) is 6.40. The summed E-state index contributed by atoms with van der Waals surface area (Å²) in [6.45, 7) is 2.54. The van der Waals surface area contributed by atoms with E-state index in [9.17, 15) is 19.5 Å². The first-order valence-electron chi connectivity index (χ1n) is 11.2. The molecule has 0 bridgehead atoms. The van der Waals surface area contributed by atoms with Crippen LogP contribution in [0.3, 0.4) is 0 Å². The second kappa shape index (κ2) is 11.4. The third-order valence-corrected chi connectivity index (χ3v) is 7.02. The van der Waals surface area contributed by atoms with Crippen molar-refractivity contribution in [1.29, 1.82) is 0 Å². The minimum absolute atomic E-state index is 0.195. The van der Waals surface area contributed by atoms with Crippen LogP contribution >= 0.6 is 11.3 Å². The van der Waals surface area contributed by atoms with E-state index in [1.807, 2.05) is 0 Å². The molecule has 1 heterocycles. The van der Waals surface area contributed by atoms with E-state index in [4.69, 9.17) is 4.74 Å². The van der Waals surface area contributed by atoms with Crippen LogP contribution in [-0.2, 0) is 27.2 Å². The minimum atomic E-state index is -1.05. The average molecular weight is 449 g/mol. The zero-order valence-corrected chi connectivity index (χ0v) is 18.9. The fourth-order valence-electron chi connectivity index (χ4n) is 4.22. The Kier molecular flexibility index (Phi) is 8.66. The Bertz CT molecular complexity index is 845. The van der Waals surface area contributed by atoms with E-state index in [0.29, 0.717) is 17.1 Å². The van der Waals surface area contributed by atoms with Gasteiger partial charge in [-0.1, -0.05) is 11.6 Å². The maximum Gasteiger partial charge on any atom is 0.341 e. The van der Waals surface area contributed by atoms with Gasteiger partial charge in [0.1, 0.15) is 11.0 Å². The normalized spacial score (nSPS) is 16.7. The van der Waals surface area contributed by atoms with Gasteiger partial charge in [-0.05, 0) is 76.8 Å². The van der Waals surface area contributed by atoms with Crippen molar-refractivity contribution in [3.05, 3.63) is 27.7 Å². The molecule has 170 valence electrons. The summed E-state index contributed by atoms with van der Waals surface area (Å²) in [7, 11) is 0. The number of amides is 1. The summed E-state index contributed by atoms with van der Waals surface area (Å²) in [5.41, 5.74) is 2.77. The number of allylic oxidation sites excluding steroid dienone is 1. The summed E-state index contributed by atoms with van der Waals surface area (Å²) in [5, 5.41) is 15.8. The van der Waals surface area contributed by atoms with Gasteiger partial charge in [0, 0.05) is 4.88 Å². The highest BCUT2D eigenvalue weighted by Gasteiger charge is 2.28. The van der Waals surface area contributed by atoms with E-state index in [-0.39, 0.29) is 13.0 Å². The molecule has 2 aliphatic rings. The van der Waals surface area contributed by atoms with Crippen molar-refractivity contribution < 1.29 is 24.2 Å². The maximum absolute atomic E-state index is 12.7. The number of carboxylic acids is 1. The van der Waals surface area contributed by atoms with Crippen LogP contribution in [0.1, 0.15) is 79.1 Å². The molecule has 1 aromatic heterocycles. The van der Waals surface area contributed by atoms with Crippen molar-refractivity contribution in [1.82, 2.24) is 5.32 Å². The number of thiophene rings is 1. The largest absolute Gasteiger partial charge is 0.480 e. The Labute approximate surface area is 187 Å². The van der Waals surface area contributed by atoms with Crippen molar-refractivity contribution in [2.45, 2.75) is 77.2 Å². The molecule has 0 unspecified atom stereocenters. The highest BCUT2D eigenvalue weighted by molar-refractivity contribution is 7.17. The molecule has 0 radical (unpaired) electrons. The first-order chi connectivity index (χ1) is 15.0. The molecule has 0 saturated heterocycles. The van der Waals surface area contributed by atoms with E-state index in [2.05, 4.69) is 16.7 Å². The quantitative estimate of drug-likeness (QED) is 0.368. The molecule has 0 aromatic carbocycles. The summed E-state index contributed by atoms with van der Waals surface area (Å²) >= 11 is 1.41. The van der Waals surface area contributed by atoms with E-state index in [1.54, 1.807) is 6.92 Å². The SMILES string of the molecule is CCOC(=O)c1c(NC(=O)C[C@H](NCCC2=CCCCC2)C(=O)O)sc2c1CCCC2. The van der Waals surface area contributed by atoms with Crippen LogP contribution in [0.15, 0.2) is 11.6 Å². The number of esters is 1. The number of anilines is 1. The van der Waals surface area contributed by atoms with Crippen LogP contribution < -0.4 is 10.6 Å².